The Morgan fingerprint density at radius 3 is 2.62 bits per heavy atom. The number of rotatable bonds is 7. The topological polar surface area (TPSA) is 39.1 Å². The van der Waals surface area contributed by atoms with Gasteiger partial charge in [0.25, 0.3) is 0 Å². The Morgan fingerprint density at radius 2 is 1.95 bits per heavy atom. The van der Waals surface area contributed by atoms with Gasteiger partial charge in [0, 0.05) is 25.9 Å². The molecule has 2 unspecified atom stereocenters. The van der Waals surface area contributed by atoms with Crippen molar-refractivity contribution in [3.63, 3.8) is 0 Å². The average molecular weight is 287 g/mol. The molecule has 0 amide bonds. The molecule has 0 aliphatic rings. The summed E-state index contributed by atoms with van der Waals surface area (Å²) in [6.07, 6.45) is 2.10. The van der Waals surface area contributed by atoms with Crippen LogP contribution in [0.1, 0.15) is 31.0 Å². The van der Waals surface area contributed by atoms with Crippen molar-refractivity contribution in [1.82, 2.24) is 9.55 Å². The number of anilines is 1. The number of hydrogen-bond acceptors (Lipinski definition) is 3. The first-order valence-electron chi connectivity index (χ1n) is 7.44. The van der Waals surface area contributed by atoms with Crippen molar-refractivity contribution in [2.24, 2.45) is 0 Å². The predicted octanol–water partition coefficient (Wildman–Crippen LogP) is 3.44. The van der Waals surface area contributed by atoms with E-state index in [1.54, 1.807) is 7.11 Å². The van der Waals surface area contributed by atoms with Gasteiger partial charge in [0.1, 0.15) is 0 Å². The maximum atomic E-state index is 5.17. The van der Waals surface area contributed by atoms with Crippen LogP contribution in [0, 0.1) is 6.92 Å². The lowest BCUT2D eigenvalue weighted by atomic mass is 10.0. The smallest absolute Gasteiger partial charge is 0.203 e. The number of imidazole rings is 1. The zero-order valence-electron chi connectivity index (χ0n) is 13.3. The minimum absolute atomic E-state index is 0.239. The molecule has 0 aliphatic carbocycles. The Morgan fingerprint density at radius 1 is 1.24 bits per heavy atom. The number of ether oxygens (including phenoxy) is 1. The van der Waals surface area contributed by atoms with E-state index in [0.717, 1.165) is 18.2 Å². The Labute approximate surface area is 127 Å². The quantitative estimate of drug-likeness (QED) is 0.848. The maximum Gasteiger partial charge on any atom is 0.203 e. The maximum absolute atomic E-state index is 5.17. The van der Waals surface area contributed by atoms with E-state index in [9.17, 15) is 0 Å². The molecule has 114 valence electrons. The lowest BCUT2D eigenvalue weighted by molar-refractivity contribution is 0.190. The Bertz CT molecular complexity index is 550. The van der Waals surface area contributed by atoms with Gasteiger partial charge in [-0.15, -0.1) is 0 Å². The zero-order chi connectivity index (χ0) is 15.2. The molecular formula is C17H25N3O. The number of aryl methyl sites for hydroxylation is 1. The summed E-state index contributed by atoms with van der Waals surface area (Å²) in [5.74, 6) is 1.36. The van der Waals surface area contributed by atoms with Gasteiger partial charge in [-0.3, -0.25) is 0 Å². The van der Waals surface area contributed by atoms with Crippen LogP contribution in [0.25, 0.3) is 0 Å². The first kappa shape index (κ1) is 15.6. The van der Waals surface area contributed by atoms with Crippen LogP contribution in [0.3, 0.4) is 0 Å². The van der Waals surface area contributed by atoms with Crippen LogP contribution in [-0.4, -0.2) is 29.3 Å². The summed E-state index contributed by atoms with van der Waals surface area (Å²) in [6, 6.07) is 10.8. The van der Waals surface area contributed by atoms with Crippen molar-refractivity contribution >= 4 is 5.95 Å². The molecule has 4 nitrogen and oxygen atoms in total. The normalized spacial score (nSPS) is 13.9. The summed E-state index contributed by atoms with van der Waals surface area (Å²) in [6.45, 7) is 7.94. The van der Waals surface area contributed by atoms with Gasteiger partial charge in [0.2, 0.25) is 5.95 Å². The van der Waals surface area contributed by atoms with Gasteiger partial charge in [-0.25, -0.2) is 4.98 Å². The highest BCUT2D eigenvalue weighted by Crippen LogP contribution is 2.20. The van der Waals surface area contributed by atoms with Crippen LogP contribution < -0.4 is 5.32 Å². The number of aromatic nitrogens is 2. The van der Waals surface area contributed by atoms with Gasteiger partial charge in [-0.05, 0) is 25.3 Å². The molecule has 0 aliphatic heterocycles. The molecule has 2 aromatic rings. The Balaban J connectivity index is 2.09. The Kier molecular flexibility index (Phi) is 5.39. The second-order valence-corrected chi connectivity index (χ2v) is 5.67. The number of hydrogen-bond donors (Lipinski definition) is 1. The molecule has 0 fully saturated rings. The molecule has 0 spiro atoms. The summed E-state index contributed by atoms with van der Waals surface area (Å²) in [5, 5.41) is 3.42. The fourth-order valence-corrected chi connectivity index (χ4v) is 2.50. The van der Waals surface area contributed by atoms with E-state index >= 15 is 0 Å². The van der Waals surface area contributed by atoms with E-state index in [1.165, 1.54) is 5.56 Å². The van der Waals surface area contributed by atoms with Gasteiger partial charge in [-0.1, -0.05) is 37.3 Å². The van der Waals surface area contributed by atoms with E-state index in [1.807, 2.05) is 6.92 Å². The summed E-state index contributed by atoms with van der Waals surface area (Å²) >= 11 is 0. The summed E-state index contributed by atoms with van der Waals surface area (Å²) in [4.78, 5) is 4.58. The van der Waals surface area contributed by atoms with Crippen molar-refractivity contribution in [2.75, 3.05) is 19.0 Å². The lowest BCUT2D eigenvalue weighted by Gasteiger charge is -2.18. The van der Waals surface area contributed by atoms with E-state index in [4.69, 9.17) is 4.74 Å². The highest BCUT2D eigenvalue weighted by Gasteiger charge is 2.12. The van der Waals surface area contributed by atoms with E-state index in [2.05, 4.69) is 65.2 Å². The molecule has 0 bridgehead atoms. The predicted molar refractivity (Wildman–Crippen MR) is 86.8 cm³/mol. The SMILES string of the molecule is COCC(C)Nc1nc(C)cn1CC(C)c1ccccc1. The molecule has 1 heterocycles. The molecule has 0 saturated heterocycles. The fraction of sp³-hybridized carbons (Fsp3) is 0.471. The molecule has 21 heavy (non-hydrogen) atoms. The molecule has 1 aromatic carbocycles. The number of nitrogens with zero attached hydrogens (tertiary/aromatic N) is 2. The van der Waals surface area contributed by atoms with Gasteiger partial charge in [0.05, 0.1) is 12.3 Å². The van der Waals surface area contributed by atoms with Crippen LogP contribution in [0.5, 0.6) is 0 Å². The molecule has 4 heteroatoms. The van der Waals surface area contributed by atoms with Gasteiger partial charge >= 0.3 is 0 Å². The molecule has 1 aromatic heterocycles. The summed E-state index contributed by atoms with van der Waals surface area (Å²) < 4.78 is 7.37. The summed E-state index contributed by atoms with van der Waals surface area (Å²) in [5.41, 5.74) is 2.38. The third-order valence-corrected chi connectivity index (χ3v) is 3.53. The zero-order valence-corrected chi connectivity index (χ0v) is 13.3. The third-order valence-electron chi connectivity index (χ3n) is 3.53. The highest BCUT2D eigenvalue weighted by molar-refractivity contribution is 5.31. The van der Waals surface area contributed by atoms with Gasteiger partial charge in [0.15, 0.2) is 0 Å². The van der Waals surface area contributed by atoms with E-state index < -0.39 is 0 Å². The molecule has 0 radical (unpaired) electrons. The number of methoxy groups -OCH3 is 1. The standard InChI is InChI=1S/C17H25N3O/c1-13(16-8-6-5-7-9-16)10-20-11-14(2)18-17(20)19-15(3)12-21-4/h5-9,11,13,15H,10,12H2,1-4H3,(H,18,19). The van der Waals surface area contributed by atoms with Crippen molar-refractivity contribution in [1.29, 1.82) is 0 Å². The molecule has 1 N–H and O–H groups in total. The van der Waals surface area contributed by atoms with Gasteiger partial charge < -0.3 is 14.6 Å². The van der Waals surface area contributed by atoms with E-state index in [0.29, 0.717) is 12.5 Å². The lowest BCUT2D eigenvalue weighted by Crippen LogP contribution is -2.23. The molecule has 0 saturated carbocycles. The second-order valence-electron chi connectivity index (χ2n) is 5.67. The minimum Gasteiger partial charge on any atom is -0.383 e. The molecule has 2 atom stereocenters. The van der Waals surface area contributed by atoms with Crippen LogP contribution in [0.2, 0.25) is 0 Å². The van der Waals surface area contributed by atoms with Crippen molar-refractivity contribution in [3.05, 3.63) is 47.8 Å². The summed E-state index contributed by atoms with van der Waals surface area (Å²) in [7, 11) is 1.72. The van der Waals surface area contributed by atoms with Crippen LogP contribution in [0.15, 0.2) is 36.5 Å². The molecular weight excluding hydrogens is 262 g/mol. The largest absolute Gasteiger partial charge is 0.383 e. The van der Waals surface area contributed by atoms with E-state index in [-0.39, 0.29) is 6.04 Å². The second kappa shape index (κ2) is 7.27. The van der Waals surface area contributed by atoms with Crippen LogP contribution in [-0.2, 0) is 11.3 Å². The first-order chi connectivity index (χ1) is 10.1. The van der Waals surface area contributed by atoms with Gasteiger partial charge in [-0.2, -0.15) is 0 Å². The number of benzene rings is 1. The van der Waals surface area contributed by atoms with Crippen molar-refractivity contribution in [3.8, 4) is 0 Å². The van der Waals surface area contributed by atoms with Crippen LogP contribution >= 0.6 is 0 Å². The number of nitrogens with one attached hydrogen (secondary N) is 1. The molecule has 2 rings (SSSR count). The monoisotopic (exact) mass is 287 g/mol. The Hall–Kier alpha value is -1.81. The van der Waals surface area contributed by atoms with Crippen LogP contribution in [0.4, 0.5) is 5.95 Å². The van der Waals surface area contributed by atoms with Crippen molar-refractivity contribution < 1.29 is 4.74 Å². The third kappa shape index (κ3) is 4.33. The van der Waals surface area contributed by atoms with Crippen molar-refractivity contribution in [2.45, 2.75) is 39.3 Å². The average Bonchev–Trinajstić information content (AvgIpc) is 2.79. The highest BCUT2D eigenvalue weighted by atomic mass is 16.5. The first-order valence-corrected chi connectivity index (χ1v) is 7.44. The fourth-order valence-electron chi connectivity index (χ4n) is 2.50. The minimum atomic E-state index is 0.239.